The summed E-state index contributed by atoms with van der Waals surface area (Å²) in [4.78, 5) is 10.7. The first-order valence-corrected chi connectivity index (χ1v) is 6.25. The number of ether oxygens (including phenoxy) is 1. The number of aldehydes is 1. The molecule has 0 saturated heterocycles. The van der Waals surface area contributed by atoms with Gasteiger partial charge >= 0.3 is 0 Å². The summed E-state index contributed by atoms with van der Waals surface area (Å²) >= 11 is 9.25. The van der Waals surface area contributed by atoms with Crippen molar-refractivity contribution in [1.82, 2.24) is 0 Å². The first-order chi connectivity index (χ1) is 8.60. The lowest BCUT2D eigenvalue weighted by molar-refractivity contribution is 0.112. The molecule has 18 heavy (non-hydrogen) atoms. The van der Waals surface area contributed by atoms with E-state index in [1.165, 1.54) is 0 Å². The number of anilines is 1. The van der Waals surface area contributed by atoms with Crippen LogP contribution in [-0.2, 0) is 0 Å². The zero-order valence-electron chi connectivity index (χ0n) is 9.19. The standard InChI is InChI=1S/C13H9BrClNO2/c14-10-3-2-9(15)6-12(10)18-13-5-8(7-17)1-4-11(13)16/h1-7H,16H2. The highest BCUT2D eigenvalue weighted by Crippen LogP contribution is 2.34. The monoisotopic (exact) mass is 325 g/mol. The third-order valence-corrected chi connectivity index (χ3v) is 3.18. The normalized spacial score (nSPS) is 10.1. The smallest absolute Gasteiger partial charge is 0.151 e. The van der Waals surface area contributed by atoms with E-state index in [0.29, 0.717) is 27.8 Å². The third-order valence-electron chi connectivity index (χ3n) is 2.29. The summed E-state index contributed by atoms with van der Waals surface area (Å²) in [6.45, 7) is 0. The van der Waals surface area contributed by atoms with Gasteiger partial charge in [0.15, 0.2) is 5.75 Å². The average molecular weight is 327 g/mol. The van der Waals surface area contributed by atoms with Gasteiger partial charge in [-0.2, -0.15) is 0 Å². The number of rotatable bonds is 3. The second-order valence-electron chi connectivity index (χ2n) is 3.59. The minimum atomic E-state index is 0.419. The number of hydrogen-bond donors (Lipinski definition) is 1. The molecule has 0 fully saturated rings. The Kier molecular flexibility index (Phi) is 3.89. The molecule has 92 valence electrons. The molecule has 0 saturated carbocycles. The van der Waals surface area contributed by atoms with Gasteiger partial charge < -0.3 is 10.5 Å². The second kappa shape index (κ2) is 5.42. The van der Waals surface area contributed by atoms with Crippen molar-refractivity contribution in [3.8, 4) is 11.5 Å². The molecule has 0 aliphatic heterocycles. The number of carbonyl (C=O) groups is 1. The molecule has 2 aromatic carbocycles. The van der Waals surface area contributed by atoms with E-state index < -0.39 is 0 Å². The molecule has 0 unspecified atom stereocenters. The molecule has 2 rings (SSSR count). The van der Waals surface area contributed by atoms with Gasteiger partial charge in [0.2, 0.25) is 0 Å². The van der Waals surface area contributed by atoms with Crippen molar-refractivity contribution in [2.45, 2.75) is 0 Å². The maximum atomic E-state index is 10.7. The van der Waals surface area contributed by atoms with E-state index in [4.69, 9.17) is 22.1 Å². The maximum Gasteiger partial charge on any atom is 0.151 e. The minimum Gasteiger partial charge on any atom is -0.454 e. The van der Waals surface area contributed by atoms with E-state index in [0.717, 1.165) is 10.8 Å². The molecule has 0 spiro atoms. The predicted molar refractivity (Wildman–Crippen MR) is 75.5 cm³/mol. The summed E-state index contributed by atoms with van der Waals surface area (Å²) in [7, 11) is 0. The Hall–Kier alpha value is -1.52. The van der Waals surface area contributed by atoms with Gasteiger partial charge in [-0.15, -0.1) is 0 Å². The molecule has 0 atom stereocenters. The summed E-state index contributed by atoms with van der Waals surface area (Å²) in [5, 5.41) is 0.554. The molecule has 0 aliphatic rings. The van der Waals surface area contributed by atoms with Gasteiger partial charge in [-0.25, -0.2) is 0 Å². The molecule has 0 amide bonds. The van der Waals surface area contributed by atoms with Gasteiger partial charge in [0, 0.05) is 16.7 Å². The fourth-order valence-corrected chi connectivity index (χ4v) is 1.88. The first kappa shape index (κ1) is 12.9. The molecular formula is C13H9BrClNO2. The van der Waals surface area contributed by atoms with Crippen LogP contribution in [0.15, 0.2) is 40.9 Å². The van der Waals surface area contributed by atoms with Gasteiger partial charge in [-0.1, -0.05) is 11.6 Å². The van der Waals surface area contributed by atoms with E-state index >= 15 is 0 Å². The van der Waals surface area contributed by atoms with E-state index in [-0.39, 0.29) is 0 Å². The van der Waals surface area contributed by atoms with Crippen molar-refractivity contribution in [1.29, 1.82) is 0 Å². The van der Waals surface area contributed by atoms with Crippen LogP contribution in [-0.4, -0.2) is 6.29 Å². The van der Waals surface area contributed by atoms with E-state index in [1.807, 2.05) is 0 Å². The van der Waals surface area contributed by atoms with Crippen LogP contribution in [0.25, 0.3) is 0 Å². The van der Waals surface area contributed by atoms with Crippen LogP contribution in [0.5, 0.6) is 11.5 Å². The fourth-order valence-electron chi connectivity index (χ4n) is 1.39. The lowest BCUT2D eigenvalue weighted by atomic mass is 10.2. The highest BCUT2D eigenvalue weighted by Gasteiger charge is 2.07. The van der Waals surface area contributed by atoms with Crippen molar-refractivity contribution < 1.29 is 9.53 Å². The number of benzene rings is 2. The summed E-state index contributed by atoms with van der Waals surface area (Å²) in [5.74, 6) is 0.958. The highest BCUT2D eigenvalue weighted by molar-refractivity contribution is 9.10. The first-order valence-electron chi connectivity index (χ1n) is 5.08. The maximum absolute atomic E-state index is 10.7. The van der Waals surface area contributed by atoms with Crippen molar-refractivity contribution in [3.05, 3.63) is 51.5 Å². The van der Waals surface area contributed by atoms with Crippen molar-refractivity contribution in [2.24, 2.45) is 0 Å². The van der Waals surface area contributed by atoms with Crippen molar-refractivity contribution in [3.63, 3.8) is 0 Å². The Bertz CT molecular complexity index is 602. The van der Waals surface area contributed by atoms with E-state index in [2.05, 4.69) is 15.9 Å². The van der Waals surface area contributed by atoms with Crippen LogP contribution in [0, 0.1) is 0 Å². The van der Waals surface area contributed by atoms with Gasteiger partial charge in [0.05, 0.1) is 10.2 Å². The summed E-state index contributed by atoms with van der Waals surface area (Å²) < 4.78 is 6.40. The van der Waals surface area contributed by atoms with Gasteiger partial charge in [0.1, 0.15) is 12.0 Å². The van der Waals surface area contributed by atoms with E-state index in [1.54, 1.807) is 36.4 Å². The number of hydrogen-bond acceptors (Lipinski definition) is 3. The van der Waals surface area contributed by atoms with Gasteiger partial charge in [-0.3, -0.25) is 4.79 Å². The summed E-state index contributed by atoms with van der Waals surface area (Å²) in [6, 6.07) is 10.0. The molecular weight excluding hydrogens is 318 g/mol. The zero-order valence-corrected chi connectivity index (χ0v) is 11.5. The number of halogens is 2. The zero-order chi connectivity index (χ0) is 13.1. The Morgan fingerprint density at radius 1 is 1.17 bits per heavy atom. The van der Waals surface area contributed by atoms with Gasteiger partial charge in [-0.05, 0) is 46.3 Å². The number of carbonyl (C=O) groups excluding carboxylic acids is 1. The van der Waals surface area contributed by atoms with Crippen LogP contribution in [0.3, 0.4) is 0 Å². The molecule has 2 aromatic rings. The van der Waals surface area contributed by atoms with Crippen LogP contribution >= 0.6 is 27.5 Å². The quantitative estimate of drug-likeness (QED) is 0.676. The Morgan fingerprint density at radius 2 is 1.94 bits per heavy atom. The Labute approximate surface area is 118 Å². The minimum absolute atomic E-state index is 0.419. The summed E-state index contributed by atoms with van der Waals surface area (Å²) in [6.07, 6.45) is 0.735. The van der Waals surface area contributed by atoms with Crippen molar-refractivity contribution >= 4 is 39.5 Å². The molecule has 2 N–H and O–H groups in total. The Balaban J connectivity index is 2.38. The fraction of sp³-hybridized carbons (Fsp3) is 0. The lowest BCUT2D eigenvalue weighted by Crippen LogP contribution is -1.94. The SMILES string of the molecule is Nc1ccc(C=O)cc1Oc1cc(Cl)ccc1Br. The highest BCUT2D eigenvalue weighted by atomic mass is 79.9. The molecule has 0 heterocycles. The van der Waals surface area contributed by atoms with E-state index in [9.17, 15) is 4.79 Å². The third kappa shape index (κ3) is 2.83. The molecule has 0 bridgehead atoms. The molecule has 0 aliphatic carbocycles. The van der Waals surface area contributed by atoms with Crippen LogP contribution in [0.4, 0.5) is 5.69 Å². The largest absolute Gasteiger partial charge is 0.454 e. The van der Waals surface area contributed by atoms with Crippen LogP contribution in [0.2, 0.25) is 5.02 Å². The van der Waals surface area contributed by atoms with Crippen LogP contribution < -0.4 is 10.5 Å². The van der Waals surface area contributed by atoms with Crippen molar-refractivity contribution in [2.75, 3.05) is 5.73 Å². The average Bonchev–Trinajstić information content (AvgIpc) is 2.36. The molecule has 3 nitrogen and oxygen atoms in total. The second-order valence-corrected chi connectivity index (χ2v) is 4.88. The number of nitrogens with two attached hydrogens (primary N) is 1. The molecule has 0 radical (unpaired) electrons. The Morgan fingerprint density at radius 3 is 2.67 bits per heavy atom. The van der Waals surface area contributed by atoms with Crippen LogP contribution in [0.1, 0.15) is 10.4 Å². The van der Waals surface area contributed by atoms with Gasteiger partial charge in [0.25, 0.3) is 0 Å². The number of nitrogen functional groups attached to an aromatic ring is 1. The predicted octanol–water partition coefficient (Wildman–Crippen LogP) is 4.29. The molecule has 0 aromatic heterocycles. The lowest BCUT2D eigenvalue weighted by Gasteiger charge is -2.10. The molecule has 5 heteroatoms. The summed E-state index contributed by atoms with van der Waals surface area (Å²) in [5.41, 5.74) is 6.74. The topological polar surface area (TPSA) is 52.3 Å².